The number of halogens is 1. The molecule has 0 radical (unpaired) electrons. The molecule has 0 amide bonds. The van der Waals surface area contributed by atoms with Gasteiger partial charge in [-0.3, -0.25) is 4.79 Å². The van der Waals surface area contributed by atoms with Gasteiger partial charge >= 0.3 is 0 Å². The molecule has 0 saturated heterocycles. The second kappa shape index (κ2) is 4.73. The number of carbonyl (C=O) groups excluding carboxylic acids is 1. The first kappa shape index (κ1) is 9.01. The van der Waals surface area contributed by atoms with E-state index in [1.165, 1.54) is 11.6 Å². The van der Waals surface area contributed by atoms with Crippen molar-refractivity contribution in [3.8, 4) is 0 Å². The number of carbonyl (C=O) groups is 1. The first-order valence-corrected chi connectivity index (χ1v) is 4.10. The van der Waals surface area contributed by atoms with Crippen molar-refractivity contribution in [3.63, 3.8) is 0 Å². The Bertz CT molecular complexity index is 277. The summed E-state index contributed by atoms with van der Waals surface area (Å²) in [7, 11) is 0. The highest BCUT2D eigenvalue weighted by atomic mass is 35.5. The van der Waals surface area contributed by atoms with Crippen LogP contribution in [0.1, 0.15) is 5.56 Å². The fourth-order valence-electron chi connectivity index (χ4n) is 0.926. The fraction of sp³-hybridized carbons (Fsp3) is 0.100. The summed E-state index contributed by atoms with van der Waals surface area (Å²) < 4.78 is 0. The standard InChI is InChI=1S/C10H9ClO/c11-7-6-10(12)8-9-4-2-1-3-5-9/h1-7H,8H2/b7-6+. The van der Waals surface area contributed by atoms with E-state index in [2.05, 4.69) is 0 Å². The van der Waals surface area contributed by atoms with Crippen LogP contribution in [-0.2, 0) is 11.2 Å². The molecule has 0 N–H and O–H groups in total. The fourth-order valence-corrected chi connectivity index (χ4v) is 1.07. The second-order valence-electron chi connectivity index (χ2n) is 2.42. The number of ketones is 1. The van der Waals surface area contributed by atoms with Crippen LogP contribution in [0.5, 0.6) is 0 Å². The SMILES string of the molecule is O=C(/C=C/Cl)Cc1ccccc1. The number of benzene rings is 1. The van der Waals surface area contributed by atoms with Crippen LogP contribution >= 0.6 is 11.6 Å². The molecule has 0 aliphatic rings. The summed E-state index contributed by atoms with van der Waals surface area (Å²) in [4.78, 5) is 11.0. The van der Waals surface area contributed by atoms with Crippen molar-refractivity contribution in [1.29, 1.82) is 0 Å². The van der Waals surface area contributed by atoms with E-state index in [-0.39, 0.29) is 5.78 Å². The first-order valence-electron chi connectivity index (χ1n) is 3.66. The van der Waals surface area contributed by atoms with Gasteiger partial charge in [-0.25, -0.2) is 0 Å². The van der Waals surface area contributed by atoms with Gasteiger partial charge in [-0.05, 0) is 11.6 Å². The molecular weight excluding hydrogens is 172 g/mol. The van der Waals surface area contributed by atoms with Crippen LogP contribution in [0.2, 0.25) is 0 Å². The first-order chi connectivity index (χ1) is 5.83. The average molecular weight is 181 g/mol. The van der Waals surface area contributed by atoms with Gasteiger partial charge in [0.1, 0.15) is 0 Å². The average Bonchev–Trinajstić information content (AvgIpc) is 2.06. The van der Waals surface area contributed by atoms with Gasteiger partial charge in [0, 0.05) is 12.0 Å². The molecule has 0 aliphatic carbocycles. The Morgan fingerprint density at radius 3 is 2.58 bits per heavy atom. The maximum atomic E-state index is 11.0. The summed E-state index contributed by atoms with van der Waals surface area (Å²) in [5.74, 6) is 0.0243. The van der Waals surface area contributed by atoms with Crippen LogP contribution in [0.15, 0.2) is 41.9 Å². The van der Waals surface area contributed by atoms with Crippen LogP contribution in [0, 0.1) is 0 Å². The lowest BCUT2D eigenvalue weighted by Crippen LogP contribution is -1.97. The minimum Gasteiger partial charge on any atom is -0.294 e. The van der Waals surface area contributed by atoms with Gasteiger partial charge in [0.25, 0.3) is 0 Å². The van der Waals surface area contributed by atoms with Gasteiger partial charge in [0.15, 0.2) is 5.78 Å². The van der Waals surface area contributed by atoms with Crippen LogP contribution in [0.25, 0.3) is 0 Å². The maximum Gasteiger partial charge on any atom is 0.160 e. The van der Waals surface area contributed by atoms with Crippen molar-refractivity contribution < 1.29 is 4.79 Å². The van der Waals surface area contributed by atoms with Crippen LogP contribution in [0.3, 0.4) is 0 Å². The largest absolute Gasteiger partial charge is 0.294 e. The molecule has 1 aromatic carbocycles. The molecular formula is C10H9ClO. The summed E-state index contributed by atoms with van der Waals surface area (Å²) in [5.41, 5.74) is 2.25. The zero-order valence-electron chi connectivity index (χ0n) is 6.53. The van der Waals surface area contributed by atoms with E-state index >= 15 is 0 Å². The Labute approximate surface area is 76.7 Å². The normalized spacial score (nSPS) is 10.4. The number of allylic oxidation sites excluding steroid dienone is 1. The van der Waals surface area contributed by atoms with E-state index in [1.807, 2.05) is 30.3 Å². The van der Waals surface area contributed by atoms with Crippen molar-refractivity contribution in [2.24, 2.45) is 0 Å². The van der Waals surface area contributed by atoms with Gasteiger partial charge in [0.2, 0.25) is 0 Å². The zero-order chi connectivity index (χ0) is 8.81. The summed E-state index contributed by atoms with van der Waals surface area (Å²) in [5, 5.41) is 0. The third-order valence-corrected chi connectivity index (χ3v) is 1.60. The minimum absolute atomic E-state index is 0.0243. The Hall–Kier alpha value is -1.08. The number of hydrogen-bond donors (Lipinski definition) is 0. The molecule has 0 bridgehead atoms. The van der Waals surface area contributed by atoms with E-state index < -0.39 is 0 Å². The van der Waals surface area contributed by atoms with Gasteiger partial charge in [0.05, 0.1) is 0 Å². The highest BCUT2D eigenvalue weighted by Crippen LogP contribution is 2.00. The molecule has 0 fully saturated rings. The summed E-state index contributed by atoms with van der Waals surface area (Å²) in [6, 6.07) is 9.57. The van der Waals surface area contributed by atoms with Gasteiger partial charge in [-0.15, -0.1) is 0 Å². The van der Waals surface area contributed by atoms with Crippen LogP contribution in [0.4, 0.5) is 0 Å². The van der Waals surface area contributed by atoms with Crippen molar-refractivity contribution in [3.05, 3.63) is 47.5 Å². The van der Waals surface area contributed by atoms with E-state index in [4.69, 9.17) is 11.6 Å². The second-order valence-corrected chi connectivity index (χ2v) is 2.67. The highest BCUT2D eigenvalue weighted by molar-refractivity contribution is 6.26. The molecule has 62 valence electrons. The predicted octanol–water partition coefficient (Wildman–Crippen LogP) is 2.55. The lowest BCUT2D eigenvalue weighted by molar-refractivity contribution is -0.114. The maximum absolute atomic E-state index is 11.0. The Kier molecular flexibility index (Phi) is 3.55. The van der Waals surface area contributed by atoms with E-state index in [0.717, 1.165) is 5.56 Å². The molecule has 0 aromatic heterocycles. The van der Waals surface area contributed by atoms with Gasteiger partial charge < -0.3 is 0 Å². The molecule has 0 unspecified atom stereocenters. The van der Waals surface area contributed by atoms with E-state index in [9.17, 15) is 4.79 Å². The topological polar surface area (TPSA) is 17.1 Å². The molecule has 0 heterocycles. The molecule has 0 atom stereocenters. The van der Waals surface area contributed by atoms with Gasteiger partial charge in [-0.2, -0.15) is 0 Å². The number of hydrogen-bond acceptors (Lipinski definition) is 1. The van der Waals surface area contributed by atoms with E-state index in [0.29, 0.717) is 6.42 Å². The molecule has 1 rings (SSSR count). The molecule has 12 heavy (non-hydrogen) atoms. The summed E-state index contributed by atoms with van der Waals surface area (Å²) >= 11 is 5.26. The van der Waals surface area contributed by atoms with Crippen molar-refractivity contribution in [1.82, 2.24) is 0 Å². The van der Waals surface area contributed by atoms with Crippen LogP contribution < -0.4 is 0 Å². The third-order valence-electron chi connectivity index (χ3n) is 1.47. The smallest absolute Gasteiger partial charge is 0.160 e. The summed E-state index contributed by atoms with van der Waals surface area (Å²) in [6.45, 7) is 0. The third kappa shape index (κ3) is 2.89. The predicted molar refractivity (Wildman–Crippen MR) is 50.1 cm³/mol. The Morgan fingerprint density at radius 1 is 1.33 bits per heavy atom. The molecule has 0 spiro atoms. The van der Waals surface area contributed by atoms with Crippen molar-refractivity contribution in [2.45, 2.75) is 6.42 Å². The monoisotopic (exact) mass is 180 g/mol. The minimum atomic E-state index is 0.0243. The zero-order valence-corrected chi connectivity index (χ0v) is 7.29. The number of rotatable bonds is 3. The summed E-state index contributed by atoms with van der Waals surface area (Å²) in [6.07, 6.45) is 1.79. The molecule has 1 aromatic rings. The lowest BCUT2D eigenvalue weighted by atomic mass is 10.1. The van der Waals surface area contributed by atoms with Crippen molar-refractivity contribution >= 4 is 17.4 Å². The lowest BCUT2D eigenvalue weighted by Gasteiger charge is -1.94. The Morgan fingerprint density at radius 2 is 2.00 bits per heavy atom. The van der Waals surface area contributed by atoms with E-state index in [1.54, 1.807) is 0 Å². The quantitative estimate of drug-likeness (QED) is 0.654. The van der Waals surface area contributed by atoms with Gasteiger partial charge in [-0.1, -0.05) is 41.9 Å². The molecule has 0 aliphatic heterocycles. The molecule has 0 saturated carbocycles. The molecule has 1 nitrogen and oxygen atoms in total. The van der Waals surface area contributed by atoms with Crippen molar-refractivity contribution in [2.75, 3.05) is 0 Å². The molecule has 2 heteroatoms. The Balaban J connectivity index is 2.59. The van der Waals surface area contributed by atoms with Crippen LogP contribution in [-0.4, -0.2) is 5.78 Å². The highest BCUT2D eigenvalue weighted by Gasteiger charge is 1.97.